The summed E-state index contributed by atoms with van der Waals surface area (Å²) in [5, 5.41) is 0. The van der Waals surface area contributed by atoms with Crippen molar-refractivity contribution in [3.05, 3.63) is 102 Å². The molecule has 2 aliphatic rings. The molecular formula is C26H21BiN4. The molecule has 31 heavy (non-hydrogen) atoms. The van der Waals surface area contributed by atoms with Crippen molar-refractivity contribution in [2.75, 3.05) is 0 Å². The van der Waals surface area contributed by atoms with Crippen LogP contribution in [0.2, 0.25) is 0 Å². The van der Waals surface area contributed by atoms with Gasteiger partial charge in [-0.15, -0.1) is 0 Å². The molecule has 150 valence electrons. The van der Waals surface area contributed by atoms with Crippen LogP contribution in [0.5, 0.6) is 0 Å². The number of aromatic amines is 2. The van der Waals surface area contributed by atoms with Crippen molar-refractivity contribution in [3.8, 4) is 0 Å². The number of nitrogens with zero attached hydrogens (tertiary/aromatic N) is 2. The Kier molecular flexibility index (Phi) is 5.60. The summed E-state index contributed by atoms with van der Waals surface area (Å²) in [6.07, 6.45) is 8.09. The van der Waals surface area contributed by atoms with Gasteiger partial charge in [0.25, 0.3) is 0 Å². The van der Waals surface area contributed by atoms with E-state index in [1.165, 1.54) is 3.27 Å². The molecule has 0 saturated heterocycles. The summed E-state index contributed by atoms with van der Waals surface area (Å²) in [7, 11) is 0. The van der Waals surface area contributed by atoms with E-state index in [-0.39, 0.29) is 0 Å². The molecule has 4 aromatic rings. The molecule has 0 radical (unpaired) electrons. The van der Waals surface area contributed by atoms with Gasteiger partial charge in [0.05, 0.1) is 22.8 Å². The van der Waals surface area contributed by atoms with E-state index >= 15 is 0 Å². The van der Waals surface area contributed by atoms with Crippen LogP contribution >= 0.6 is 0 Å². The quantitative estimate of drug-likeness (QED) is 0.251. The zero-order valence-corrected chi connectivity index (χ0v) is 21.3. The molecule has 8 bridgehead atoms. The summed E-state index contributed by atoms with van der Waals surface area (Å²) < 4.78 is 1.49. The van der Waals surface area contributed by atoms with E-state index in [0.29, 0.717) is 0 Å². The van der Waals surface area contributed by atoms with Crippen LogP contribution in [0.4, 0.5) is 0 Å². The van der Waals surface area contributed by atoms with E-state index in [1.54, 1.807) is 0 Å². The molecule has 2 N–H and O–H groups in total. The molecule has 0 fully saturated rings. The van der Waals surface area contributed by atoms with Gasteiger partial charge in [0, 0.05) is 22.1 Å². The van der Waals surface area contributed by atoms with Gasteiger partial charge >= 0.3 is 58.3 Å². The Labute approximate surface area is 195 Å². The molecule has 4 nitrogen and oxygen atoms in total. The van der Waals surface area contributed by atoms with Gasteiger partial charge in [-0.3, -0.25) is 0 Å². The molecule has 0 atom stereocenters. The van der Waals surface area contributed by atoms with Crippen LogP contribution in [-0.2, 0) is 0 Å². The third-order valence-electron chi connectivity index (χ3n) is 4.84. The summed E-state index contributed by atoms with van der Waals surface area (Å²) in [5.41, 5.74) is 7.86. The van der Waals surface area contributed by atoms with Gasteiger partial charge in [0.1, 0.15) is 0 Å². The molecule has 5 heterocycles. The van der Waals surface area contributed by atoms with E-state index in [9.17, 15) is 0 Å². The molecule has 0 aliphatic carbocycles. The molecule has 6 rings (SSSR count). The fourth-order valence-corrected chi connectivity index (χ4v) is 4.26. The number of aromatic nitrogens is 4. The standard InChI is InChI=1S/C20H14N4.C6H5.Bi.2H/c1-2-14-10-16-5-6-18(23-16)12-20-8-7-19(24-20)11-17-4-3-15(22-17)9-13(1)21-14;1-2-4-6-5-3-1;;;/h1-12,21,24H;1-5H;;;. The molecule has 0 saturated carbocycles. The maximum atomic E-state index is 4.63. The van der Waals surface area contributed by atoms with Gasteiger partial charge in [0.15, 0.2) is 0 Å². The molecule has 1 aromatic carbocycles. The Bertz CT molecular complexity index is 1270. The predicted octanol–water partition coefficient (Wildman–Crippen LogP) is 4.60. The third-order valence-corrected chi connectivity index (χ3v) is 6.34. The molecule has 0 unspecified atom stereocenters. The Morgan fingerprint density at radius 1 is 0.484 bits per heavy atom. The Morgan fingerprint density at radius 3 is 1.13 bits per heavy atom. The summed E-state index contributed by atoms with van der Waals surface area (Å²) >= 11 is 0.992. The fourth-order valence-electron chi connectivity index (χ4n) is 3.40. The van der Waals surface area contributed by atoms with Crippen LogP contribution in [-0.4, -0.2) is 44.7 Å². The van der Waals surface area contributed by atoms with E-state index in [0.717, 1.165) is 69.6 Å². The first-order chi connectivity index (χ1) is 15.2. The number of H-pyrrole nitrogens is 2. The van der Waals surface area contributed by atoms with Gasteiger partial charge in [-0.2, -0.15) is 0 Å². The van der Waals surface area contributed by atoms with Crippen LogP contribution in [0.1, 0.15) is 22.8 Å². The summed E-state index contributed by atoms with van der Waals surface area (Å²) in [4.78, 5) is 16.0. The topological polar surface area (TPSA) is 57.4 Å². The zero-order valence-electron chi connectivity index (χ0n) is 16.8. The minimum absolute atomic E-state index is 0.939. The Morgan fingerprint density at radius 2 is 0.839 bits per heavy atom. The van der Waals surface area contributed by atoms with E-state index in [2.05, 4.69) is 68.5 Å². The zero-order chi connectivity index (χ0) is 21.0. The van der Waals surface area contributed by atoms with Crippen molar-refractivity contribution in [1.29, 1.82) is 0 Å². The van der Waals surface area contributed by atoms with Gasteiger partial charge in [-0.1, -0.05) is 0 Å². The maximum absolute atomic E-state index is 4.63. The first-order valence-corrected chi connectivity index (χ1v) is 12.3. The minimum atomic E-state index is 0.939. The molecule has 2 aliphatic heterocycles. The summed E-state index contributed by atoms with van der Waals surface area (Å²) in [6.45, 7) is 0. The fraction of sp³-hybridized carbons (Fsp3) is 0. The van der Waals surface area contributed by atoms with Crippen LogP contribution < -0.4 is 3.27 Å². The van der Waals surface area contributed by atoms with Crippen molar-refractivity contribution in [3.63, 3.8) is 0 Å². The number of fused-ring (bicyclic) bond motifs is 8. The Hall–Kier alpha value is -3.30. The average Bonchev–Trinajstić information content (AvgIpc) is 3.55. The number of hydrogen-bond acceptors (Lipinski definition) is 2. The van der Waals surface area contributed by atoms with Crippen molar-refractivity contribution < 1.29 is 0 Å². The number of hydrogen-bond donors (Lipinski definition) is 2. The molecular weight excluding hydrogens is 577 g/mol. The number of benzene rings is 1. The van der Waals surface area contributed by atoms with Crippen LogP contribution in [0, 0.1) is 0 Å². The number of nitrogens with one attached hydrogen (secondary N) is 2. The monoisotopic (exact) mass is 598 g/mol. The molecule has 0 spiro atoms. The van der Waals surface area contributed by atoms with Crippen LogP contribution in [0.15, 0.2) is 78.9 Å². The van der Waals surface area contributed by atoms with Gasteiger partial charge in [-0.05, 0) is 72.8 Å². The predicted molar refractivity (Wildman–Crippen MR) is 133 cm³/mol. The van der Waals surface area contributed by atoms with Crippen molar-refractivity contribution in [2.45, 2.75) is 0 Å². The van der Waals surface area contributed by atoms with Gasteiger partial charge in [0.2, 0.25) is 0 Å². The van der Waals surface area contributed by atoms with Gasteiger partial charge in [-0.25, -0.2) is 9.97 Å². The summed E-state index contributed by atoms with van der Waals surface area (Å²) in [6, 6.07) is 26.9. The second-order valence-corrected chi connectivity index (χ2v) is 9.91. The van der Waals surface area contributed by atoms with Crippen molar-refractivity contribution in [1.82, 2.24) is 19.9 Å². The van der Waals surface area contributed by atoms with E-state index in [4.69, 9.17) is 0 Å². The first kappa shape index (κ1) is 19.7. The van der Waals surface area contributed by atoms with Crippen LogP contribution in [0.3, 0.4) is 0 Å². The van der Waals surface area contributed by atoms with Gasteiger partial charge < -0.3 is 9.97 Å². The van der Waals surface area contributed by atoms with E-state index in [1.807, 2.05) is 54.6 Å². The van der Waals surface area contributed by atoms with Crippen molar-refractivity contribution >= 4 is 74.4 Å². The number of rotatable bonds is 0. The van der Waals surface area contributed by atoms with E-state index < -0.39 is 0 Å². The third kappa shape index (κ3) is 5.07. The summed E-state index contributed by atoms with van der Waals surface area (Å²) in [5.74, 6) is 0. The van der Waals surface area contributed by atoms with Crippen LogP contribution in [0.25, 0.3) is 46.4 Å². The molecule has 5 heteroatoms. The SMILES string of the molecule is C1=Cc2cc3ccc(cc4nc(cc5ccc(cc1n2)[nH]5)C=C4)[nH]3.[BiH2][c]1ccccc1. The average molecular weight is 598 g/mol. The molecule has 3 aromatic heterocycles. The van der Waals surface area contributed by atoms with Crippen molar-refractivity contribution in [2.24, 2.45) is 0 Å². The second kappa shape index (κ2) is 8.83. The first-order valence-electron chi connectivity index (χ1n) is 10.0. The normalized spacial score (nSPS) is 11.8. The second-order valence-electron chi connectivity index (χ2n) is 7.32. The molecule has 0 amide bonds. The Balaban J connectivity index is 0.000000250.